The summed E-state index contributed by atoms with van der Waals surface area (Å²) in [6.07, 6.45) is 3.73. The normalized spacial score (nSPS) is 10.3. The zero-order chi connectivity index (χ0) is 16.1. The SMILES string of the molecule is O=C(Cc1cccnc1)c1ccc(Oc2cccc(Cl)c2)cc1. The van der Waals surface area contributed by atoms with Crippen molar-refractivity contribution in [3.05, 3.63) is 89.2 Å². The monoisotopic (exact) mass is 323 g/mol. The van der Waals surface area contributed by atoms with Crippen molar-refractivity contribution >= 4 is 17.4 Å². The van der Waals surface area contributed by atoms with Crippen LogP contribution in [-0.2, 0) is 6.42 Å². The van der Waals surface area contributed by atoms with Crippen LogP contribution in [0.15, 0.2) is 73.1 Å². The number of carbonyl (C=O) groups excluding carboxylic acids is 1. The molecule has 0 fully saturated rings. The first-order valence-corrected chi connectivity index (χ1v) is 7.54. The van der Waals surface area contributed by atoms with Gasteiger partial charge in [0.05, 0.1) is 0 Å². The van der Waals surface area contributed by atoms with Gasteiger partial charge in [-0.1, -0.05) is 23.7 Å². The number of Topliss-reactive ketones (excluding diaryl/α,β-unsaturated/α-hetero) is 1. The highest BCUT2D eigenvalue weighted by Crippen LogP contribution is 2.24. The Hall–Kier alpha value is -2.65. The van der Waals surface area contributed by atoms with E-state index in [2.05, 4.69) is 4.98 Å². The van der Waals surface area contributed by atoms with Gasteiger partial charge in [0.25, 0.3) is 0 Å². The molecule has 0 bridgehead atoms. The Morgan fingerprint density at radius 1 is 1.00 bits per heavy atom. The Balaban J connectivity index is 1.68. The minimum atomic E-state index is 0.0484. The summed E-state index contributed by atoms with van der Waals surface area (Å²) in [6.45, 7) is 0. The number of halogens is 1. The summed E-state index contributed by atoms with van der Waals surface area (Å²) in [7, 11) is 0. The second-order valence-electron chi connectivity index (χ2n) is 5.05. The Kier molecular flexibility index (Phi) is 4.69. The summed E-state index contributed by atoms with van der Waals surface area (Å²) in [5, 5.41) is 0.616. The number of rotatable bonds is 5. The van der Waals surface area contributed by atoms with Crippen LogP contribution in [0.25, 0.3) is 0 Å². The van der Waals surface area contributed by atoms with Gasteiger partial charge in [-0.2, -0.15) is 0 Å². The van der Waals surface area contributed by atoms with Gasteiger partial charge in [0.2, 0.25) is 0 Å². The van der Waals surface area contributed by atoms with Crippen molar-refractivity contribution in [3.63, 3.8) is 0 Å². The quantitative estimate of drug-likeness (QED) is 0.623. The van der Waals surface area contributed by atoms with E-state index in [1.54, 1.807) is 48.8 Å². The molecule has 0 spiro atoms. The highest BCUT2D eigenvalue weighted by molar-refractivity contribution is 6.30. The van der Waals surface area contributed by atoms with Crippen LogP contribution < -0.4 is 4.74 Å². The molecule has 0 aliphatic rings. The third-order valence-electron chi connectivity index (χ3n) is 3.30. The molecule has 0 atom stereocenters. The largest absolute Gasteiger partial charge is 0.457 e. The average molecular weight is 324 g/mol. The van der Waals surface area contributed by atoms with Crippen LogP contribution in [0.4, 0.5) is 0 Å². The van der Waals surface area contributed by atoms with Crippen LogP contribution in [-0.4, -0.2) is 10.8 Å². The third-order valence-corrected chi connectivity index (χ3v) is 3.53. The van der Waals surface area contributed by atoms with Crippen LogP contribution in [0.3, 0.4) is 0 Å². The summed E-state index contributed by atoms with van der Waals surface area (Å²) in [6, 6.07) is 18.0. The van der Waals surface area contributed by atoms with E-state index in [1.807, 2.05) is 24.3 Å². The van der Waals surface area contributed by atoms with Crippen molar-refractivity contribution in [1.29, 1.82) is 0 Å². The number of ketones is 1. The molecule has 3 rings (SSSR count). The van der Waals surface area contributed by atoms with E-state index >= 15 is 0 Å². The Bertz CT molecular complexity index is 801. The molecular formula is C19H14ClNO2. The van der Waals surface area contributed by atoms with Crippen molar-refractivity contribution in [1.82, 2.24) is 4.98 Å². The van der Waals surface area contributed by atoms with Crippen LogP contribution in [0.1, 0.15) is 15.9 Å². The first-order chi connectivity index (χ1) is 11.2. The van der Waals surface area contributed by atoms with Crippen molar-refractivity contribution in [2.75, 3.05) is 0 Å². The maximum absolute atomic E-state index is 12.2. The molecule has 1 heterocycles. The number of benzene rings is 2. The van der Waals surface area contributed by atoms with Crippen LogP contribution >= 0.6 is 11.6 Å². The first-order valence-electron chi connectivity index (χ1n) is 7.16. The maximum Gasteiger partial charge on any atom is 0.167 e. The number of carbonyl (C=O) groups is 1. The van der Waals surface area contributed by atoms with Gasteiger partial charge in [-0.3, -0.25) is 9.78 Å². The molecule has 0 N–H and O–H groups in total. The lowest BCUT2D eigenvalue weighted by Gasteiger charge is -2.07. The summed E-state index contributed by atoms with van der Waals surface area (Å²) >= 11 is 5.93. The average Bonchev–Trinajstić information content (AvgIpc) is 2.56. The summed E-state index contributed by atoms with van der Waals surface area (Å²) in [5.74, 6) is 1.37. The number of nitrogens with zero attached hydrogens (tertiary/aromatic N) is 1. The van der Waals surface area contributed by atoms with Gasteiger partial charge in [0.1, 0.15) is 11.5 Å². The Morgan fingerprint density at radius 2 is 1.83 bits per heavy atom. The molecule has 3 nitrogen and oxygen atoms in total. The van der Waals surface area contributed by atoms with E-state index in [0.29, 0.717) is 28.5 Å². The summed E-state index contributed by atoms with van der Waals surface area (Å²) in [5.41, 5.74) is 1.55. The van der Waals surface area contributed by atoms with Crippen LogP contribution in [0, 0.1) is 0 Å². The zero-order valence-corrected chi connectivity index (χ0v) is 13.0. The highest BCUT2D eigenvalue weighted by atomic mass is 35.5. The Morgan fingerprint density at radius 3 is 2.52 bits per heavy atom. The van der Waals surface area contributed by atoms with Gasteiger partial charge in [-0.25, -0.2) is 0 Å². The molecule has 0 aliphatic carbocycles. The first kappa shape index (κ1) is 15.3. The van der Waals surface area contributed by atoms with Gasteiger partial charge in [0, 0.05) is 29.4 Å². The molecule has 4 heteroatoms. The molecule has 0 unspecified atom stereocenters. The molecule has 0 saturated heterocycles. The molecule has 23 heavy (non-hydrogen) atoms. The van der Waals surface area contributed by atoms with Gasteiger partial charge >= 0.3 is 0 Å². The minimum absolute atomic E-state index is 0.0484. The highest BCUT2D eigenvalue weighted by Gasteiger charge is 2.07. The van der Waals surface area contributed by atoms with Crippen LogP contribution in [0.5, 0.6) is 11.5 Å². The van der Waals surface area contributed by atoms with Gasteiger partial charge < -0.3 is 4.74 Å². The molecule has 114 valence electrons. The molecule has 0 radical (unpaired) electrons. The zero-order valence-electron chi connectivity index (χ0n) is 12.3. The predicted molar refractivity (Wildman–Crippen MR) is 90.2 cm³/mol. The van der Waals surface area contributed by atoms with E-state index in [1.165, 1.54) is 0 Å². The van der Waals surface area contributed by atoms with Crippen molar-refractivity contribution in [3.8, 4) is 11.5 Å². The van der Waals surface area contributed by atoms with Crippen molar-refractivity contribution in [2.45, 2.75) is 6.42 Å². The number of pyridine rings is 1. The fourth-order valence-electron chi connectivity index (χ4n) is 2.17. The van der Waals surface area contributed by atoms with Gasteiger partial charge in [-0.15, -0.1) is 0 Å². The Labute approximate surface area is 139 Å². The number of hydrogen-bond donors (Lipinski definition) is 0. The molecule has 1 aromatic heterocycles. The third kappa shape index (κ3) is 4.18. The molecule has 0 saturated carbocycles. The number of hydrogen-bond acceptors (Lipinski definition) is 3. The van der Waals surface area contributed by atoms with Gasteiger partial charge in [-0.05, 0) is 54.1 Å². The lowest BCUT2D eigenvalue weighted by Crippen LogP contribution is -2.03. The second kappa shape index (κ2) is 7.07. The molecule has 3 aromatic rings. The standard InChI is InChI=1S/C19H14ClNO2/c20-16-4-1-5-18(12-16)23-17-8-6-15(7-9-17)19(22)11-14-3-2-10-21-13-14/h1-10,12-13H,11H2. The van der Waals surface area contributed by atoms with Gasteiger partial charge in [0.15, 0.2) is 5.78 Å². The minimum Gasteiger partial charge on any atom is -0.457 e. The van der Waals surface area contributed by atoms with E-state index in [9.17, 15) is 4.79 Å². The molecular weight excluding hydrogens is 310 g/mol. The fraction of sp³-hybridized carbons (Fsp3) is 0.0526. The lowest BCUT2D eigenvalue weighted by atomic mass is 10.0. The topological polar surface area (TPSA) is 39.2 Å². The molecule has 2 aromatic carbocycles. The summed E-state index contributed by atoms with van der Waals surface area (Å²) < 4.78 is 5.71. The van der Waals surface area contributed by atoms with Crippen molar-refractivity contribution in [2.24, 2.45) is 0 Å². The smallest absolute Gasteiger partial charge is 0.167 e. The number of aromatic nitrogens is 1. The summed E-state index contributed by atoms with van der Waals surface area (Å²) in [4.78, 5) is 16.3. The van der Waals surface area contributed by atoms with E-state index in [0.717, 1.165) is 5.56 Å². The predicted octanol–water partition coefficient (Wildman–Crippen LogP) is 4.95. The van der Waals surface area contributed by atoms with E-state index < -0.39 is 0 Å². The maximum atomic E-state index is 12.2. The number of ether oxygens (including phenoxy) is 1. The second-order valence-corrected chi connectivity index (χ2v) is 5.48. The van der Waals surface area contributed by atoms with E-state index in [4.69, 9.17) is 16.3 Å². The van der Waals surface area contributed by atoms with Crippen LogP contribution in [0.2, 0.25) is 5.02 Å². The molecule has 0 aliphatic heterocycles. The van der Waals surface area contributed by atoms with E-state index in [-0.39, 0.29) is 5.78 Å². The fourth-order valence-corrected chi connectivity index (χ4v) is 2.35. The lowest BCUT2D eigenvalue weighted by molar-refractivity contribution is 0.0993. The molecule has 0 amide bonds. The van der Waals surface area contributed by atoms with Crippen molar-refractivity contribution < 1.29 is 9.53 Å².